The molecule has 0 saturated heterocycles. The summed E-state index contributed by atoms with van der Waals surface area (Å²) >= 11 is 0. The molecule has 1 fully saturated rings. The summed E-state index contributed by atoms with van der Waals surface area (Å²) in [5.74, 6) is -0.108. The molecule has 1 aromatic heterocycles. The number of fused-ring (bicyclic) bond motifs is 1. The van der Waals surface area contributed by atoms with Crippen LogP contribution in [0, 0.1) is 0 Å². The number of hydrogen-bond acceptors (Lipinski definition) is 5. The fourth-order valence-corrected chi connectivity index (χ4v) is 2.85. The van der Waals surface area contributed by atoms with Crippen LogP contribution < -0.4 is 16.0 Å². The zero-order chi connectivity index (χ0) is 15.7. The van der Waals surface area contributed by atoms with E-state index in [1.807, 2.05) is 32.3 Å². The average molecular weight is 375 g/mol. The molecule has 134 valence electrons. The lowest BCUT2D eigenvalue weighted by atomic mass is 9.82. The third-order valence-corrected chi connectivity index (χ3v) is 4.21. The first-order chi connectivity index (χ1) is 10.5. The Bertz CT molecular complexity index is 696. The minimum atomic E-state index is -0.744. The molecular formula is C16H24Cl2N4O2. The number of hydrogen-bond donors (Lipinski definition) is 2. The maximum absolute atomic E-state index is 12.5. The van der Waals surface area contributed by atoms with Crippen LogP contribution >= 0.6 is 24.8 Å². The standard InChI is InChI=1S/C16H22N4O2.2ClH/c1-20(2)15-19-12-10-11(6-7-13(12)22-15)18-14(21)16(17)8-4-3-5-9-16;;/h6-7,10H,3-5,8-9,17H2,1-2H3,(H,18,21);2*1H. The molecule has 3 rings (SSSR count). The Morgan fingerprint density at radius 1 is 1.25 bits per heavy atom. The quantitative estimate of drug-likeness (QED) is 0.860. The van der Waals surface area contributed by atoms with Crippen molar-refractivity contribution in [2.24, 2.45) is 5.73 Å². The van der Waals surface area contributed by atoms with Crippen LogP contribution in [0.1, 0.15) is 32.1 Å². The highest BCUT2D eigenvalue weighted by molar-refractivity contribution is 5.99. The summed E-state index contributed by atoms with van der Waals surface area (Å²) < 4.78 is 5.60. The summed E-state index contributed by atoms with van der Waals surface area (Å²) in [6.45, 7) is 0. The van der Waals surface area contributed by atoms with Crippen LogP contribution in [-0.2, 0) is 4.79 Å². The molecule has 0 spiro atoms. The maximum Gasteiger partial charge on any atom is 0.297 e. The Labute approximate surface area is 154 Å². The van der Waals surface area contributed by atoms with Gasteiger partial charge in [0.25, 0.3) is 6.01 Å². The number of carbonyl (C=O) groups excluding carboxylic acids is 1. The predicted octanol–water partition coefficient (Wildman–Crippen LogP) is 3.34. The molecular weight excluding hydrogens is 351 g/mol. The van der Waals surface area contributed by atoms with Gasteiger partial charge in [-0.25, -0.2) is 0 Å². The van der Waals surface area contributed by atoms with Crippen LogP contribution in [0.15, 0.2) is 22.6 Å². The van der Waals surface area contributed by atoms with Gasteiger partial charge in [0.1, 0.15) is 5.52 Å². The Hall–Kier alpha value is -1.50. The first-order valence-electron chi connectivity index (χ1n) is 7.66. The number of nitrogens with zero attached hydrogens (tertiary/aromatic N) is 2. The molecule has 0 aliphatic heterocycles. The van der Waals surface area contributed by atoms with Crippen LogP contribution in [-0.4, -0.2) is 30.5 Å². The Morgan fingerprint density at radius 2 is 1.92 bits per heavy atom. The number of rotatable bonds is 3. The topological polar surface area (TPSA) is 84.4 Å². The maximum atomic E-state index is 12.5. The molecule has 0 radical (unpaired) electrons. The number of carbonyl (C=O) groups is 1. The van der Waals surface area contributed by atoms with Crippen molar-refractivity contribution < 1.29 is 9.21 Å². The molecule has 1 aliphatic rings. The Morgan fingerprint density at radius 3 is 2.54 bits per heavy atom. The molecule has 24 heavy (non-hydrogen) atoms. The monoisotopic (exact) mass is 374 g/mol. The van der Waals surface area contributed by atoms with E-state index in [0.29, 0.717) is 17.3 Å². The van der Waals surface area contributed by atoms with Crippen molar-refractivity contribution in [2.75, 3.05) is 24.3 Å². The number of nitrogens with one attached hydrogen (secondary N) is 1. The summed E-state index contributed by atoms with van der Waals surface area (Å²) in [6, 6.07) is 5.99. The molecule has 6 nitrogen and oxygen atoms in total. The molecule has 1 aliphatic carbocycles. The van der Waals surface area contributed by atoms with E-state index >= 15 is 0 Å². The second-order valence-corrected chi connectivity index (χ2v) is 6.24. The normalized spacial score (nSPS) is 16.0. The number of halogens is 2. The molecule has 1 aromatic carbocycles. The number of nitrogens with two attached hydrogens (primary N) is 1. The number of aromatic nitrogens is 1. The van der Waals surface area contributed by atoms with Gasteiger partial charge in [-0.2, -0.15) is 4.98 Å². The zero-order valence-corrected chi connectivity index (χ0v) is 15.5. The van der Waals surface area contributed by atoms with Gasteiger partial charge in [0.15, 0.2) is 5.58 Å². The summed E-state index contributed by atoms with van der Waals surface area (Å²) in [7, 11) is 3.74. The lowest BCUT2D eigenvalue weighted by molar-refractivity contribution is -0.122. The molecule has 3 N–H and O–H groups in total. The molecule has 0 bridgehead atoms. The van der Waals surface area contributed by atoms with E-state index in [1.54, 1.807) is 4.90 Å². The third kappa shape index (κ3) is 4.12. The van der Waals surface area contributed by atoms with E-state index in [0.717, 1.165) is 37.6 Å². The molecule has 0 unspecified atom stereocenters. The summed E-state index contributed by atoms with van der Waals surface area (Å²) in [5.41, 5.74) is 7.63. The highest BCUT2D eigenvalue weighted by atomic mass is 35.5. The first-order valence-corrected chi connectivity index (χ1v) is 7.66. The van der Waals surface area contributed by atoms with Crippen molar-refractivity contribution in [3.63, 3.8) is 0 Å². The average Bonchev–Trinajstić information content (AvgIpc) is 2.91. The van der Waals surface area contributed by atoms with E-state index in [1.165, 1.54) is 0 Å². The number of amides is 1. The molecule has 8 heteroatoms. The number of anilines is 2. The minimum absolute atomic E-state index is 0. The van der Waals surface area contributed by atoms with Gasteiger partial charge in [-0.05, 0) is 31.0 Å². The van der Waals surface area contributed by atoms with Gasteiger partial charge in [0.2, 0.25) is 5.91 Å². The Balaban J connectivity index is 0.00000144. The molecule has 1 heterocycles. The summed E-state index contributed by atoms with van der Waals surface area (Å²) in [4.78, 5) is 18.6. The SMILES string of the molecule is CN(C)c1nc2cc(NC(=O)C3(N)CCCCC3)ccc2o1.Cl.Cl. The zero-order valence-electron chi connectivity index (χ0n) is 13.9. The Kier molecular flexibility index (Phi) is 6.89. The highest BCUT2D eigenvalue weighted by Gasteiger charge is 2.35. The second-order valence-electron chi connectivity index (χ2n) is 6.24. The smallest absolute Gasteiger partial charge is 0.297 e. The van der Waals surface area contributed by atoms with E-state index in [4.69, 9.17) is 10.2 Å². The van der Waals surface area contributed by atoms with Crippen LogP contribution in [0.25, 0.3) is 11.1 Å². The minimum Gasteiger partial charge on any atom is -0.423 e. The van der Waals surface area contributed by atoms with Gasteiger partial charge in [0, 0.05) is 19.8 Å². The van der Waals surface area contributed by atoms with Crippen LogP contribution in [0.4, 0.5) is 11.7 Å². The number of oxazole rings is 1. The third-order valence-electron chi connectivity index (χ3n) is 4.21. The molecule has 1 saturated carbocycles. The van der Waals surface area contributed by atoms with Crippen LogP contribution in [0.5, 0.6) is 0 Å². The van der Waals surface area contributed by atoms with Gasteiger partial charge >= 0.3 is 0 Å². The fourth-order valence-electron chi connectivity index (χ4n) is 2.85. The lowest BCUT2D eigenvalue weighted by Gasteiger charge is -2.31. The first kappa shape index (κ1) is 20.5. The van der Waals surface area contributed by atoms with Crippen molar-refractivity contribution in [2.45, 2.75) is 37.6 Å². The van der Waals surface area contributed by atoms with Crippen LogP contribution in [0.2, 0.25) is 0 Å². The van der Waals surface area contributed by atoms with Crippen molar-refractivity contribution in [1.82, 2.24) is 4.98 Å². The van der Waals surface area contributed by atoms with Crippen molar-refractivity contribution in [3.05, 3.63) is 18.2 Å². The van der Waals surface area contributed by atoms with Gasteiger partial charge in [0.05, 0.1) is 5.54 Å². The summed E-state index contributed by atoms with van der Waals surface area (Å²) in [6.07, 6.45) is 4.67. The van der Waals surface area contributed by atoms with Gasteiger partial charge in [-0.1, -0.05) is 19.3 Å². The summed E-state index contributed by atoms with van der Waals surface area (Å²) in [5, 5.41) is 2.92. The van der Waals surface area contributed by atoms with E-state index in [2.05, 4.69) is 10.3 Å². The highest BCUT2D eigenvalue weighted by Crippen LogP contribution is 2.28. The van der Waals surface area contributed by atoms with Gasteiger partial charge in [-0.3, -0.25) is 4.79 Å². The predicted molar refractivity (Wildman–Crippen MR) is 101 cm³/mol. The van der Waals surface area contributed by atoms with E-state index in [9.17, 15) is 4.79 Å². The van der Waals surface area contributed by atoms with Crippen molar-refractivity contribution in [3.8, 4) is 0 Å². The fraction of sp³-hybridized carbons (Fsp3) is 0.500. The van der Waals surface area contributed by atoms with E-state index in [-0.39, 0.29) is 30.7 Å². The lowest BCUT2D eigenvalue weighted by Crippen LogP contribution is -2.52. The van der Waals surface area contributed by atoms with E-state index < -0.39 is 5.54 Å². The molecule has 2 aromatic rings. The largest absolute Gasteiger partial charge is 0.423 e. The van der Waals surface area contributed by atoms with Crippen molar-refractivity contribution in [1.29, 1.82) is 0 Å². The molecule has 0 atom stereocenters. The number of benzene rings is 1. The van der Waals surface area contributed by atoms with Gasteiger partial charge < -0.3 is 20.4 Å². The molecule has 1 amide bonds. The van der Waals surface area contributed by atoms with Crippen LogP contribution in [0.3, 0.4) is 0 Å². The van der Waals surface area contributed by atoms with Crippen molar-refractivity contribution >= 4 is 53.5 Å². The second kappa shape index (κ2) is 8.05. The van der Waals surface area contributed by atoms with Gasteiger partial charge in [-0.15, -0.1) is 24.8 Å².